The van der Waals surface area contributed by atoms with Crippen LogP contribution in [-0.4, -0.2) is 21.5 Å². The van der Waals surface area contributed by atoms with E-state index >= 15 is 0 Å². The van der Waals surface area contributed by atoms with E-state index in [2.05, 4.69) is 29.1 Å². The van der Waals surface area contributed by atoms with Crippen LogP contribution in [0.3, 0.4) is 0 Å². The lowest BCUT2D eigenvalue weighted by atomic mass is 10.0. The first kappa shape index (κ1) is 15.2. The molecule has 0 aromatic heterocycles. The van der Waals surface area contributed by atoms with Crippen LogP contribution in [0.5, 0.6) is 0 Å². The van der Waals surface area contributed by atoms with E-state index in [1.54, 1.807) is 18.2 Å². The topological polar surface area (TPSA) is 58.2 Å². The van der Waals surface area contributed by atoms with Crippen molar-refractivity contribution in [2.45, 2.75) is 43.2 Å². The summed E-state index contributed by atoms with van der Waals surface area (Å²) in [5.74, 6) is 0. The maximum atomic E-state index is 11.8. The first-order chi connectivity index (χ1) is 9.53. The molecule has 0 heterocycles. The summed E-state index contributed by atoms with van der Waals surface area (Å²) in [7, 11) is -1.95. The van der Waals surface area contributed by atoms with Gasteiger partial charge in [0.05, 0.1) is 4.90 Å². The Labute approximate surface area is 121 Å². The molecule has 0 saturated carbocycles. The molecule has 2 rings (SSSR count). The molecule has 0 spiro atoms. The smallest absolute Gasteiger partial charge is 0.240 e. The zero-order valence-electron chi connectivity index (χ0n) is 12.0. The first-order valence-corrected chi connectivity index (χ1v) is 8.47. The van der Waals surface area contributed by atoms with Crippen molar-refractivity contribution in [1.29, 1.82) is 0 Å². The predicted octanol–water partition coefficient (Wildman–Crippen LogP) is 2.35. The zero-order chi connectivity index (χ0) is 14.6. The van der Waals surface area contributed by atoms with Gasteiger partial charge in [-0.25, -0.2) is 13.1 Å². The fraction of sp³-hybridized carbons (Fsp3) is 0.467. The van der Waals surface area contributed by atoms with Crippen molar-refractivity contribution in [3.63, 3.8) is 0 Å². The van der Waals surface area contributed by atoms with Crippen LogP contribution in [0.1, 0.15) is 37.8 Å². The standard InChI is InChI=1S/C15H22N2O2S/c1-12(17-14-8-4-3-5-9-14)13-7-6-10-15(11-13)20(18,19)16-2/h4,6-8,10-12,14,16-17H,3,5,9H2,1-2H3/t12-,14-/m0/s1. The van der Waals surface area contributed by atoms with Crippen molar-refractivity contribution < 1.29 is 8.42 Å². The van der Waals surface area contributed by atoms with Crippen LogP contribution < -0.4 is 10.0 Å². The Hall–Kier alpha value is -1.17. The number of hydrogen-bond acceptors (Lipinski definition) is 3. The first-order valence-electron chi connectivity index (χ1n) is 6.99. The molecule has 0 radical (unpaired) electrons. The average Bonchev–Trinajstić information content (AvgIpc) is 2.48. The highest BCUT2D eigenvalue weighted by molar-refractivity contribution is 7.89. The largest absolute Gasteiger partial charge is 0.304 e. The fourth-order valence-electron chi connectivity index (χ4n) is 2.44. The van der Waals surface area contributed by atoms with Crippen LogP contribution >= 0.6 is 0 Å². The van der Waals surface area contributed by atoms with E-state index in [4.69, 9.17) is 0 Å². The molecule has 0 bridgehead atoms. The quantitative estimate of drug-likeness (QED) is 0.820. The molecule has 1 aromatic rings. The van der Waals surface area contributed by atoms with E-state index in [1.807, 2.05) is 6.07 Å². The molecule has 0 saturated heterocycles. The Morgan fingerprint density at radius 3 is 2.80 bits per heavy atom. The number of allylic oxidation sites excluding steroid dienone is 1. The van der Waals surface area contributed by atoms with Crippen LogP contribution in [-0.2, 0) is 10.0 Å². The monoisotopic (exact) mass is 294 g/mol. The second kappa shape index (κ2) is 6.52. The normalized spacial score (nSPS) is 20.8. The van der Waals surface area contributed by atoms with E-state index in [0.717, 1.165) is 18.4 Å². The lowest BCUT2D eigenvalue weighted by Gasteiger charge is -2.23. The molecular weight excluding hydrogens is 272 g/mol. The van der Waals surface area contributed by atoms with Gasteiger partial charge in [-0.15, -0.1) is 0 Å². The van der Waals surface area contributed by atoms with Gasteiger partial charge in [-0.2, -0.15) is 0 Å². The van der Waals surface area contributed by atoms with E-state index in [-0.39, 0.29) is 6.04 Å². The Kier molecular flexibility index (Phi) is 4.96. The molecule has 2 N–H and O–H groups in total. The van der Waals surface area contributed by atoms with Crippen LogP contribution in [0.15, 0.2) is 41.3 Å². The Morgan fingerprint density at radius 1 is 1.35 bits per heavy atom. The zero-order valence-corrected chi connectivity index (χ0v) is 12.8. The summed E-state index contributed by atoms with van der Waals surface area (Å²) in [6.45, 7) is 2.06. The van der Waals surface area contributed by atoms with Crippen molar-refractivity contribution in [2.75, 3.05) is 7.05 Å². The molecule has 2 atom stereocenters. The molecule has 4 nitrogen and oxygen atoms in total. The molecule has 1 aromatic carbocycles. The van der Waals surface area contributed by atoms with E-state index < -0.39 is 10.0 Å². The van der Waals surface area contributed by atoms with Crippen LogP contribution in [0, 0.1) is 0 Å². The van der Waals surface area contributed by atoms with Gasteiger partial charge in [0.15, 0.2) is 0 Å². The summed E-state index contributed by atoms with van der Waals surface area (Å²) in [6, 6.07) is 7.59. The van der Waals surface area contributed by atoms with Crippen molar-refractivity contribution in [3.8, 4) is 0 Å². The predicted molar refractivity (Wildman–Crippen MR) is 81.0 cm³/mol. The van der Waals surface area contributed by atoms with Gasteiger partial charge in [0.25, 0.3) is 0 Å². The highest BCUT2D eigenvalue weighted by Crippen LogP contribution is 2.20. The van der Waals surface area contributed by atoms with Crippen molar-refractivity contribution in [2.24, 2.45) is 0 Å². The number of benzene rings is 1. The minimum Gasteiger partial charge on any atom is -0.304 e. The second-order valence-electron chi connectivity index (χ2n) is 5.13. The maximum Gasteiger partial charge on any atom is 0.240 e. The highest BCUT2D eigenvalue weighted by Gasteiger charge is 2.16. The molecule has 0 aliphatic heterocycles. The third-order valence-corrected chi connectivity index (χ3v) is 5.07. The Balaban J connectivity index is 2.14. The van der Waals surface area contributed by atoms with Gasteiger partial charge >= 0.3 is 0 Å². The molecular formula is C15H22N2O2S. The van der Waals surface area contributed by atoms with Crippen LogP contribution in [0.2, 0.25) is 0 Å². The third kappa shape index (κ3) is 3.69. The Morgan fingerprint density at radius 2 is 2.15 bits per heavy atom. The summed E-state index contributed by atoms with van der Waals surface area (Å²) < 4.78 is 26.0. The van der Waals surface area contributed by atoms with Gasteiger partial charge in [0.2, 0.25) is 10.0 Å². The maximum absolute atomic E-state index is 11.8. The molecule has 5 heteroatoms. The molecule has 1 aliphatic carbocycles. The number of rotatable bonds is 5. The van der Waals surface area contributed by atoms with E-state index in [9.17, 15) is 8.42 Å². The molecule has 0 unspecified atom stereocenters. The fourth-order valence-corrected chi connectivity index (χ4v) is 3.22. The molecule has 0 amide bonds. The highest BCUT2D eigenvalue weighted by atomic mass is 32.2. The van der Waals surface area contributed by atoms with Crippen molar-refractivity contribution >= 4 is 10.0 Å². The number of hydrogen-bond donors (Lipinski definition) is 2. The molecule has 20 heavy (non-hydrogen) atoms. The lowest BCUT2D eigenvalue weighted by molar-refractivity contribution is 0.467. The summed E-state index contributed by atoms with van der Waals surface area (Å²) in [4.78, 5) is 0.310. The van der Waals surface area contributed by atoms with Gasteiger partial charge in [0, 0.05) is 12.1 Å². The average molecular weight is 294 g/mol. The lowest BCUT2D eigenvalue weighted by Crippen LogP contribution is -2.31. The molecule has 1 aliphatic rings. The number of sulfonamides is 1. The molecule has 0 fully saturated rings. The van der Waals surface area contributed by atoms with Crippen LogP contribution in [0.25, 0.3) is 0 Å². The second-order valence-corrected chi connectivity index (χ2v) is 7.02. The summed E-state index contributed by atoms with van der Waals surface area (Å²) >= 11 is 0. The van der Waals surface area contributed by atoms with Gasteiger partial charge in [-0.05, 0) is 50.9 Å². The third-order valence-electron chi connectivity index (χ3n) is 3.66. The summed E-state index contributed by atoms with van der Waals surface area (Å²) in [5, 5.41) is 3.53. The van der Waals surface area contributed by atoms with Gasteiger partial charge < -0.3 is 5.32 Å². The van der Waals surface area contributed by atoms with Crippen molar-refractivity contribution in [1.82, 2.24) is 10.0 Å². The van der Waals surface area contributed by atoms with E-state index in [1.165, 1.54) is 13.5 Å². The summed E-state index contributed by atoms with van der Waals surface area (Å²) in [5.41, 5.74) is 0.986. The summed E-state index contributed by atoms with van der Waals surface area (Å²) in [6.07, 6.45) is 7.90. The SMILES string of the molecule is CNS(=O)(=O)c1cccc([C@H](C)N[C@H]2C=CCCC2)c1. The van der Waals surface area contributed by atoms with Gasteiger partial charge in [-0.1, -0.05) is 24.3 Å². The Bertz CT molecular complexity index is 581. The minimum absolute atomic E-state index is 0.120. The number of nitrogens with one attached hydrogen (secondary N) is 2. The van der Waals surface area contributed by atoms with Gasteiger partial charge in [0.1, 0.15) is 0 Å². The molecule has 110 valence electrons. The van der Waals surface area contributed by atoms with Crippen LogP contribution in [0.4, 0.5) is 0 Å². The van der Waals surface area contributed by atoms with E-state index in [0.29, 0.717) is 10.9 Å². The minimum atomic E-state index is -3.38. The van der Waals surface area contributed by atoms with Gasteiger partial charge in [-0.3, -0.25) is 0 Å². The van der Waals surface area contributed by atoms with Crippen molar-refractivity contribution in [3.05, 3.63) is 42.0 Å².